The fraction of sp³-hybridized carbons (Fsp3) is 0.588. The van der Waals surface area contributed by atoms with Crippen molar-refractivity contribution in [3.05, 3.63) is 39.4 Å². The highest BCUT2D eigenvalue weighted by Crippen LogP contribution is 2.23. The van der Waals surface area contributed by atoms with E-state index in [-0.39, 0.29) is 11.6 Å². The van der Waals surface area contributed by atoms with Crippen molar-refractivity contribution in [3.63, 3.8) is 0 Å². The lowest BCUT2D eigenvalue weighted by atomic mass is 10.1. The first-order valence-electron chi connectivity index (χ1n) is 8.15. The number of carbonyl (C=O) groups excluding carboxylic acids is 1. The molecule has 2 rings (SSSR count). The summed E-state index contributed by atoms with van der Waals surface area (Å²) in [4.78, 5) is 27.2. The largest absolute Gasteiger partial charge is 0.338 e. The Morgan fingerprint density at radius 2 is 2.22 bits per heavy atom. The minimum Gasteiger partial charge on any atom is -0.338 e. The number of nitro groups is 1. The molecule has 1 fully saturated rings. The summed E-state index contributed by atoms with van der Waals surface area (Å²) in [5.74, 6) is 0.492. The van der Waals surface area contributed by atoms with E-state index in [9.17, 15) is 14.9 Å². The predicted octanol–water partition coefficient (Wildman–Crippen LogP) is 2.71. The Balaban J connectivity index is 2.00. The van der Waals surface area contributed by atoms with Crippen LogP contribution in [0.1, 0.15) is 35.7 Å². The Kier molecular flexibility index (Phi) is 5.71. The molecule has 0 spiro atoms. The van der Waals surface area contributed by atoms with Crippen LogP contribution in [-0.4, -0.2) is 53.9 Å². The molecule has 0 aromatic heterocycles. The summed E-state index contributed by atoms with van der Waals surface area (Å²) >= 11 is 0. The molecule has 0 radical (unpaired) electrons. The molecule has 1 atom stereocenters. The normalized spacial score (nSPS) is 17.7. The second-order valence-electron chi connectivity index (χ2n) is 6.42. The second kappa shape index (κ2) is 7.55. The van der Waals surface area contributed by atoms with Crippen molar-refractivity contribution in [2.24, 2.45) is 5.92 Å². The van der Waals surface area contributed by atoms with Crippen LogP contribution in [0.3, 0.4) is 0 Å². The van der Waals surface area contributed by atoms with Gasteiger partial charge >= 0.3 is 0 Å². The van der Waals surface area contributed by atoms with Crippen LogP contribution in [0, 0.1) is 23.0 Å². The van der Waals surface area contributed by atoms with Gasteiger partial charge < -0.3 is 9.80 Å². The number of carbonyl (C=O) groups is 1. The number of non-ortho nitro benzene ring substituents is 1. The van der Waals surface area contributed by atoms with Crippen molar-refractivity contribution in [1.29, 1.82) is 0 Å². The topological polar surface area (TPSA) is 66.7 Å². The maximum absolute atomic E-state index is 12.6. The first kappa shape index (κ1) is 17.4. The van der Waals surface area contributed by atoms with Gasteiger partial charge in [0.2, 0.25) is 0 Å². The number of aryl methyl sites for hydroxylation is 1. The van der Waals surface area contributed by atoms with Gasteiger partial charge in [-0.15, -0.1) is 0 Å². The quantitative estimate of drug-likeness (QED) is 0.597. The average Bonchev–Trinajstić information content (AvgIpc) is 2.95. The number of hydrogen-bond acceptors (Lipinski definition) is 4. The Hall–Kier alpha value is -1.95. The molecule has 1 aliphatic heterocycles. The van der Waals surface area contributed by atoms with Gasteiger partial charge in [-0.1, -0.05) is 6.92 Å². The van der Waals surface area contributed by atoms with Crippen LogP contribution in [0.2, 0.25) is 0 Å². The molecule has 1 aliphatic rings. The van der Waals surface area contributed by atoms with Crippen molar-refractivity contribution < 1.29 is 9.72 Å². The van der Waals surface area contributed by atoms with Crippen LogP contribution in [0.5, 0.6) is 0 Å². The third-order valence-electron chi connectivity index (χ3n) is 4.40. The highest BCUT2D eigenvalue weighted by Gasteiger charge is 2.28. The first-order valence-corrected chi connectivity index (χ1v) is 8.15. The van der Waals surface area contributed by atoms with Gasteiger partial charge in [0.25, 0.3) is 11.6 Å². The maximum atomic E-state index is 12.6. The van der Waals surface area contributed by atoms with Crippen LogP contribution in [0.15, 0.2) is 18.2 Å². The molecule has 0 unspecified atom stereocenters. The molecule has 0 aliphatic carbocycles. The molecular weight excluding hydrogens is 294 g/mol. The van der Waals surface area contributed by atoms with Crippen LogP contribution in [0.25, 0.3) is 0 Å². The van der Waals surface area contributed by atoms with E-state index in [4.69, 9.17) is 0 Å². The molecule has 1 aromatic rings. The number of benzene rings is 1. The van der Waals surface area contributed by atoms with Crippen molar-refractivity contribution in [2.75, 3.05) is 33.2 Å². The third-order valence-corrected chi connectivity index (χ3v) is 4.40. The van der Waals surface area contributed by atoms with Crippen LogP contribution in [-0.2, 0) is 0 Å². The minimum absolute atomic E-state index is 0.0157. The third kappa shape index (κ3) is 4.28. The molecule has 1 heterocycles. The molecule has 6 heteroatoms. The molecule has 0 bridgehead atoms. The molecule has 1 saturated heterocycles. The van der Waals surface area contributed by atoms with E-state index in [0.29, 0.717) is 17.0 Å². The molecule has 126 valence electrons. The minimum atomic E-state index is -0.434. The number of likely N-dealkylation sites (tertiary alicyclic amines) is 1. The summed E-state index contributed by atoms with van der Waals surface area (Å²) in [7, 11) is 2.12. The molecule has 0 saturated carbocycles. The molecule has 1 aromatic carbocycles. The lowest BCUT2D eigenvalue weighted by Crippen LogP contribution is -2.32. The van der Waals surface area contributed by atoms with Crippen molar-refractivity contribution in [1.82, 2.24) is 9.80 Å². The van der Waals surface area contributed by atoms with E-state index in [1.54, 1.807) is 13.0 Å². The molecular formula is C17H25N3O3. The number of rotatable bonds is 6. The Morgan fingerprint density at radius 1 is 1.48 bits per heavy atom. The van der Waals surface area contributed by atoms with E-state index in [2.05, 4.69) is 18.9 Å². The van der Waals surface area contributed by atoms with Gasteiger partial charge in [-0.25, -0.2) is 0 Å². The monoisotopic (exact) mass is 319 g/mol. The van der Waals surface area contributed by atoms with Gasteiger partial charge in [-0.2, -0.15) is 0 Å². The highest BCUT2D eigenvalue weighted by atomic mass is 16.6. The van der Waals surface area contributed by atoms with Gasteiger partial charge in [-0.3, -0.25) is 14.9 Å². The number of amides is 1. The van der Waals surface area contributed by atoms with E-state index in [1.807, 2.05) is 4.90 Å². The average molecular weight is 319 g/mol. The Bertz CT molecular complexity index is 588. The Morgan fingerprint density at radius 3 is 2.83 bits per heavy atom. The first-order chi connectivity index (χ1) is 10.9. The summed E-state index contributed by atoms with van der Waals surface area (Å²) in [6, 6.07) is 4.45. The number of nitrogens with zero attached hydrogens (tertiary/aromatic N) is 3. The SMILES string of the molecule is CCCN(C)C[C@@H]1CCN(C(=O)c2ccc([N+](=O)[O-])cc2C)C1. The van der Waals surface area contributed by atoms with Gasteiger partial charge in [-0.05, 0) is 50.9 Å². The standard InChI is InChI=1S/C17H25N3O3/c1-4-8-18(3)11-14-7-9-19(12-14)17(21)16-6-5-15(20(22)23)10-13(16)2/h5-6,10,14H,4,7-9,11-12H2,1-3H3/t14-/m0/s1. The molecule has 6 nitrogen and oxygen atoms in total. The van der Waals surface area contributed by atoms with E-state index in [0.717, 1.165) is 39.0 Å². The fourth-order valence-electron chi connectivity index (χ4n) is 3.25. The van der Waals surface area contributed by atoms with Crippen LogP contribution >= 0.6 is 0 Å². The summed E-state index contributed by atoms with van der Waals surface area (Å²) in [6.07, 6.45) is 2.15. The van der Waals surface area contributed by atoms with Gasteiger partial charge in [0, 0.05) is 37.3 Å². The lowest BCUT2D eigenvalue weighted by molar-refractivity contribution is -0.384. The fourth-order valence-corrected chi connectivity index (χ4v) is 3.25. The summed E-state index contributed by atoms with van der Waals surface area (Å²) in [6.45, 7) is 7.53. The van der Waals surface area contributed by atoms with Gasteiger partial charge in [0.15, 0.2) is 0 Å². The van der Waals surface area contributed by atoms with Crippen molar-refractivity contribution >= 4 is 11.6 Å². The van der Waals surface area contributed by atoms with E-state index in [1.165, 1.54) is 12.1 Å². The van der Waals surface area contributed by atoms with Crippen LogP contribution < -0.4 is 0 Å². The van der Waals surface area contributed by atoms with E-state index < -0.39 is 4.92 Å². The molecule has 0 N–H and O–H groups in total. The van der Waals surface area contributed by atoms with E-state index >= 15 is 0 Å². The van der Waals surface area contributed by atoms with Crippen LogP contribution in [0.4, 0.5) is 5.69 Å². The predicted molar refractivity (Wildman–Crippen MR) is 89.6 cm³/mol. The maximum Gasteiger partial charge on any atom is 0.269 e. The van der Waals surface area contributed by atoms with Crippen molar-refractivity contribution in [3.8, 4) is 0 Å². The smallest absolute Gasteiger partial charge is 0.269 e. The molecule has 23 heavy (non-hydrogen) atoms. The van der Waals surface area contributed by atoms with Gasteiger partial charge in [0.05, 0.1) is 4.92 Å². The zero-order chi connectivity index (χ0) is 17.0. The second-order valence-corrected chi connectivity index (χ2v) is 6.42. The highest BCUT2D eigenvalue weighted by molar-refractivity contribution is 5.96. The Labute approximate surface area is 137 Å². The van der Waals surface area contributed by atoms with Gasteiger partial charge in [0.1, 0.15) is 0 Å². The zero-order valence-corrected chi connectivity index (χ0v) is 14.1. The summed E-state index contributed by atoms with van der Waals surface area (Å²) < 4.78 is 0. The summed E-state index contributed by atoms with van der Waals surface area (Å²) in [5.41, 5.74) is 1.26. The number of nitro benzene ring substituents is 1. The molecule has 1 amide bonds. The zero-order valence-electron chi connectivity index (χ0n) is 14.1. The van der Waals surface area contributed by atoms with Crippen molar-refractivity contribution in [2.45, 2.75) is 26.7 Å². The summed E-state index contributed by atoms with van der Waals surface area (Å²) in [5, 5.41) is 10.8. The number of hydrogen-bond donors (Lipinski definition) is 0. The lowest BCUT2D eigenvalue weighted by Gasteiger charge is -2.21.